The Morgan fingerprint density at radius 3 is 1.73 bits per heavy atom. The van der Waals surface area contributed by atoms with E-state index in [4.69, 9.17) is 9.47 Å². The topological polar surface area (TPSA) is 18.5 Å². The summed E-state index contributed by atoms with van der Waals surface area (Å²) in [7, 11) is 0. The molecular weight excluding hydrogens is 272 g/mol. The minimum Gasteiger partial charge on any atom is -0.374 e. The summed E-state index contributed by atoms with van der Waals surface area (Å²) in [5.74, 6) is 0. The van der Waals surface area contributed by atoms with Crippen molar-refractivity contribution < 1.29 is 9.47 Å². The quantitative estimate of drug-likeness (QED) is 0.334. The molecule has 0 bridgehead atoms. The van der Waals surface area contributed by atoms with Crippen LogP contribution in [0.25, 0.3) is 0 Å². The lowest BCUT2D eigenvalue weighted by molar-refractivity contribution is -0.0300. The van der Waals surface area contributed by atoms with Crippen LogP contribution < -0.4 is 0 Å². The van der Waals surface area contributed by atoms with E-state index in [2.05, 4.69) is 38.2 Å². The maximum absolute atomic E-state index is 5.97. The average Bonchev–Trinajstić information content (AvgIpc) is 2.54. The lowest BCUT2D eigenvalue weighted by atomic mass is 9.95. The molecule has 0 aromatic rings. The molecule has 2 heteroatoms. The van der Waals surface area contributed by atoms with E-state index in [1.807, 2.05) is 0 Å². The van der Waals surface area contributed by atoms with Crippen LogP contribution in [0.15, 0.2) is 24.3 Å². The monoisotopic (exact) mass is 308 g/mol. The molecule has 2 unspecified atom stereocenters. The smallest absolute Gasteiger partial charge is 0.0651 e. The highest BCUT2D eigenvalue weighted by Crippen LogP contribution is 2.23. The van der Waals surface area contributed by atoms with Gasteiger partial charge in [-0.1, -0.05) is 63.8 Å². The molecule has 0 amide bonds. The summed E-state index contributed by atoms with van der Waals surface area (Å²) >= 11 is 0. The summed E-state index contributed by atoms with van der Waals surface area (Å²) < 4.78 is 11.9. The first kappa shape index (κ1) is 19.4. The molecule has 0 aromatic carbocycles. The normalized spacial score (nSPS) is 22.8. The second-order valence-electron chi connectivity index (χ2n) is 6.30. The lowest BCUT2D eigenvalue weighted by Crippen LogP contribution is -2.28. The van der Waals surface area contributed by atoms with Gasteiger partial charge in [-0.25, -0.2) is 0 Å². The van der Waals surface area contributed by atoms with Crippen molar-refractivity contribution in [2.45, 2.75) is 90.3 Å². The molecule has 2 atom stereocenters. The van der Waals surface area contributed by atoms with Crippen molar-refractivity contribution in [3.63, 3.8) is 0 Å². The Bertz CT molecular complexity index is 268. The van der Waals surface area contributed by atoms with Crippen LogP contribution in [0.2, 0.25) is 0 Å². The van der Waals surface area contributed by atoms with Gasteiger partial charge in [-0.05, 0) is 38.5 Å². The zero-order valence-electron chi connectivity index (χ0n) is 14.8. The molecular formula is C20H36O2. The molecule has 1 aliphatic rings. The third-order valence-corrected chi connectivity index (χ3v) is 4.22. The van der Waals surface area contributed by atoms with Crippen LogP contribution in [0.1, 0.15) is 78.1 Å². The highest BCUT2D eigenvalue weighted by molar-refractivity contribution is 4.84. The number of hydrogen-bond donors (Lipinski definition) is 0. The second-order valence-corrected chi connectivity index (χ2v) is 6.30. The van der Waals surface area contributed by atoms with E-state index in [1.165, 1.54) is 57.8 Å². The van der Waals surface area contributed by atoms with E-state index in [0.717, 1.165) is 19.6 Å². The number of rotatable bonds is 12. The zero-order valence-corrected chi connectivity index (χ0v) is 14.8. The molecule has 22 heavy (non-hydrogen) atoms. The Hall–Kier alpha value is -0.600. The van der Waals surface area contributed by atoms with Gasteiger partial charge in [-0.3, -0.25) is 0 Å². The molecule has 0 spiro atoms. The Kier molecular flexibility index (Phi) is 12.4. The van der Waals surface area contributed by atoms with Crippen LogP contribution in [0.5, 0.6) is 0 Å². The zero-order chi connectivity index (χ0) is 15.9. The highest BCUT2D eigenvalue weighted by Gasteiger charge is 2.22. The summed E-state index contributed by atoms with van der Waals surface area (Å²) in [6.45, 7) is 5.98. The predicted octanol–water partition coefficient (Wildman–Crippen LogP) is 5.82. The van der Waals surface area contributed by atoms with E-state index in [0.29, 0.717) is 12.2 Å². The van der Waals surface area contributed by atoms with Gasteiger partial charge in [-0.15, -0.1) is 0 Å². The van der Waals surface area contributed by atoms with E-state index < -0.39 is 0 Å². The Balaban J connectivity index is 2.08. The molecule has 2 nitrogen and oxygen atoms in total. The van der Waals surface area contributed by atoms with Crippen LogP contribution in [-0.2, 0) is 9.47 Å². The Labute approximate surface area is 138 Å². The van der Waals surface area contributed by atoms with Crippen molar-refractivity contribution in [1.29, 1.82) is 0 Å². The molecule has 1 aliphatic carbocycles. The van der Waals surface area contributed by atoms with Gasteiger partial charge in [0.15, 0.2) is 0 Å². The first-order valence-corrected chi connectivity index (χ1v) is 9.40. The molecule has 0 saturated heterocycles. The van der Waals surface area contributed by atoms with Crippen molar-refractivity contribution in [1.82, 2.24) is 0 Å². The molecule has 128 valence electrons. The molecule has 1 rings (SSSR count). The number of allylic oxidation sites excluding steroid dienone is 2. The van der Waals surface area contributed by atoms with Gasteiger partial charge in [0.2, 0.25) is 0 Å². The largest absolute Gasteiger partial charge is 0.374 e. The summed E-state index contributed by atoms with van der Waals surface area (Å²) in [6, 6.07) is 0. The average molecular weight is 309 g/mol. The summed E-state index contributed by atoms with van der Waals surface area (Å²) in [5, 5.41) is 0. The minimum atomic E-state index is 0.388. The van der Waals surface area contributed by atoms with Crippen LogP contribution >= 0.6 is 0 Å². The van der Waals surface area contributed by atoms with Gasteiger partial charge in [0, 0.05) is 0 Å². The fourth-order valence-corrected chi connectivity index (χ4v) is 2.80. The standard InChI is InChI=1S/C20H36O2/c1-3-5-7-9-11-16-21-19-14-13-15-20(18-19)22-17-12-10-8-6-4-2/h9-12,19-20H,3-8,13-18H2,1-2H3. The molecule has 0 heterocycles. The molecule has 0 aliphatic heterocycles. The molecule has 0 radical (unpaired) electrons. The summed E-state index contributed by atoms with van der Waals surface area (Å²) in [4.78, 5) is 0. The SMILES string of the molecule is CCCCC=CCOC1CCCC(OCC=CCCCC)C1. The summed E-state index contributed by atoms with van der Waals surface area (Å²) in [6.07, 6.45) is 21.8. The van der Waals surface area contributed by atoms with Gasteiger partial charge in [0.25, 0.3) is 0 Å². The molecule has 1 fully saturated rings. The predicted molar refractivity (Wildman–Crippen MR) is 95.3 cm³/mol. The molecule has 1 saturated carbocycles. The van der Waals surface area contributed by atoms with Crippen molar-refractivity contribution >= 4 is 0 Å². The van der Waals surface area contributed by atoms with Crippen LogP contribution in [0, 0.1) is 0 Å². The number of ether oxygens (including phenoxy) is 2. The van der Waals surface area contributed by atoms with Crippen LogP contribution in [-0.4, -0.2) is 25.4 Å². The number of unbranched alkanes of at least 4 members (excludes halogenated alkanes) is 4. The minimum absolute atomic E-state index is 0.388. The van der Waals surface area contributed by atoms with Gasteiger partial charge < -0.3 is 9.47 Å². The highest BCUT2D eigenvalue weighted by atomic mass is 16.5. The van der Waals surface area contributed by atoms with E-state index in [9.17, 15) is 0 Å². The van der Waals surface area contributed by atoms with E-state index in [1.54, 1.807) is 0 Å². The number of hydrogen-bond acceptors (Lipinski definition) is 2. The van der Waals surface area contributed by atoms with Gasteiger partial charge in [0.1, 0.15) is 0 Å². The second kappa shape index (κ2) is 14.0. The third-order valence-electron chi connectivity index (χ3n) is 4.22. The Morgan fingerprint density at radius 2 is 1.27 bits per heavy atom. The fourth-order valence-electron chi connectivity index (χ4n) is 2.80. The molecule has 0 N–H and O–H groups in total. The van der Waals surface area contributed by atoms with Crippen LogP contribution in [0.4, 0.5) is 0 Å². The van der Waals surface area contributed by atoms with Gasteiger partial charge >= 0.3 is 0 Å². The Morgan fingerprint density at radius 1 is 0.773 bits per heavy atom. The van der Waals surface area contributed by atoms with Gasteiger partial charge in [0.05, 0.1) is 25.4 Å². The van der Waals surface area contributed by atoms with Crippen molar-refractivity contribution in [3.8, 4) is 0 Å². The maximum atomic E-state index is 5.97. The van der Waals surface area contributed by atoms with Crippen molar-refractivity contribution in [3.05, 3.63) is 24.3 Å². The van der Waals surface area contributed by atoms with Crippen molar-refractivity contribution in [2.75, 3.05) is 13.2 Å². The maximum Gasteiger partial charge on any atom is 0.0651 e. The first-order valence-electron chi connectivity index (χ1n) is 9.40. The van der Waals surface area contributed by atoms with Crippen molar-refractivity contribution in [2.24, 2.45) is 0 Å². The third kappa shape index (κ3) is 10.2. The molecule has 0 aromatic heterocycles. The van der Waals surface area contributed by atoms with Crippen LogP contribution in [0.3, 0.4) is 0 Å². The van der Waals surface area contributed by atoms with E-state index in [-0.39, 0.29) is 0 Å². The van der Waals surface area contributed by atoms with E-state index >= 15 is 0 Å². The van der Waals surface area contributed by atoms with Gasteiger partial charge in [-0.2, -0.15) is 0 Å². The summed E-state index contributed by atoms with van der Waals surface area (Å²) in [5.41, 5.74) is 0. The fraction of sp³-hybridized carbons (Fsp3) is 0.800. The first-order chi connectivity index (χ1) is 10.9. The lowest BCUT2D eigenvalue weighted by Gasteiger charge is -2.28.